The summed E-state index contributed by atoms with van der Waals surface area (Å²) in [6.45, 7) is 2.91. The van der Waals surface area contributed by atoms with Gasteiger partial charge in [0.05, 0.1) is 12.8 Å². The number of benzene rings is 2. The predicted molar refractivity (Wildman–Crippen MR) is 83.7 cm³/mol. The van der Waals surface area contributed by atoms with Crippen LogP contribution in [0.3, 0.4) is 0 Å². The summed E-state index contributed by atoms with van der Waals surface area (Å²) in [5.74, 6) is 1.10. The molecular weight excluding hydrogens is 252 g/mol. The van der Waals surface area contributed by atoms with Crippen LogP contribution >= 0.6 is 11.8 Å². The molecule has 2 nitrogen and oxygen atoms in total. The molecule has 0 heterocycles. The van der Waals surface area contributed by atoms with E-state index in [0.717, 1.165) is 17.9 Å². The number of nitrogens with zero attached hydrogens (tertiary/aromatic N) is 1. The largest absolute Gasteiger partial charge is 0.306 e. The van der Waals surface area contributed by atoms with E-state index < -0.39 is 0 Å². The summed E-state index contributed by atoms with van der Waals surface area (Å²) >= 11 is 1.85. The van der Waals surface area contributed by atoms with Gasteiger partial charge in [-0.2, -0.15) is 5.10 Å². The van der Waals surface area contributed by atoms with E-state index in [1.54, 1.807) is 0 Å². The molecule has 19 heavy (non-hydrogen) atoms. The third kappa shape index (κ3) is 4.79. The molecule has 0 spiro atoms. The lowest BCUT2D eigenvalue weighted by atomic mass is 10.2. The Morgan fingerprint density at radius 1 is 1.05 bits per heavy atom. The summed E-state index contributed by atoms with van der Waals surface area (Å²) in [4.78, 5) is 1.30. The molecule has 0 fully saturated rings. The van der Waals surface area contributed by atoms with Crippen molar-refractivity contribution in [3.63, 3.8) is 0 Å². The maximum atomic E-state index is 4.23. The third-order valence-corrected chi connectivity index (χ3v) is 3.52. The number of hydrazone groups is 1. The van der Waals surface area contributed by atoms with Gasteiger partial charge in [-0.15, -0.1) is 11.8 Å². The third-order valence-electron chi connectivity index (χ3n) is 2.62. The van der Waals surface area contributed by atoms with Crippen LogP contribution in [0, 0.1) is 0 Å². The van der Waals surface area contributed by atoms with Crippen LogP contribution in [-0.2, 0) is 6.54 Å². The van der Waals surface area contributed by atoms with E-state index in [9.17, 15) is 0 Å². The zero-order valence-corrected chi connectivity index (χ0v) is 11.9. The van der Waals surface area contributed by atoms with E-state index in [-0.39, 0.29) is 0 Å². The first-order valence-electron chi connectivity index (χ1n) is 6.41. The van der Waals surface area contributed by atoms with Gasteiger partial charge in [0.2, 0.25) is 0 Å². The molecule has 2 aromatic carbocycles. The van der Waals surface area contributed by atoms with Gasteiger partial charge in [0, 0.05) is 4.90 Å². The van der Waals surface area contributed by atoms with Crippen LogP contribution in [0.4, 0.5) is 0 Å². The second kappa shape index (κ2) is 7.64. The number of nitrogens with one attached hydrogen (secondary N) is 1. The van der Waals surface area contributed by atoms with Crippen molar-refractivity contribution in [3.05, 3.63) is 65.7 Å². The van der Waals surface area contributed by atoms with Crippen LogP contribution < -0.4 is 5.43 Å². The van der Waals surface area contributed by atoms with Crippen molar-refractivity contribution in [1.82, 2.24) is 5.43 Å². The quantitative estimate of drug-likeness (QED) is 0.489. The van der Waals surface area contributed by atoms with E-state index in [0.29, 0.717) is 0 Å². The average Bonchev–Trinajstić information content (AvgIpc) is 2.47. The summed E-state index contributed by atoms with van der Waals surface area (Å²) in [6.07, 6.45) is 1.85. The smallest absolute Gasteiger partial charge is 0.0580 e. The number of hydrogen-bond acceptors (Lipinski definition) is 3. The van der Waals surface area contributed by atoms with Crippen molar-refractivity contribution in [2.24, 2.45) is 5.10 Å². The molecule has 0 radical (unpaired) electrons. The van der Waals surface area contributed by atoms with E-state index in [2.05, 4.69) is 53.8 Å². The first-order valence-corrected chi connectivity index (χ1v) is 7.40. The Bertz CT molecular complexity index is 506. The minimum Gasteiger partial charge on any atom is -0.306 e. The molecule has 0 unspecified atom stereocenters. The topological polar surface area (TPSA) is 24.4 Å². The normalized spacial score (nSPS) is 10.8. The summed E-state index contributed by atoms with van der Waals surface area (Å²) in [5.41, 5.74) is 5.40. The standard InChI is InChI=1S/C16H18N2S/c1-2-19-16-10-8-15(9-11-16)13-18-17-12-14-6-4-3-5-7-14/h3-11,13,17H,2,12H2,1H3. The zero-order chi connectivity index (χ0) is 13.3. The molecule has 0 saturated carbocycles. The van der Waals surface area contributed by atoms with Crippen LogP contribution in [0.1, 0.15) is 18.1 Å². The number of rotatable bonds is 6. The van der Waals surface area contributed by atoms with Crippen LogP contribution in [0.25, 0.3) is 0 Å². The molecule has 0 saturated heterocycles. The van der Waals surface area contributed by atoms with Crippen LogP contribution in [0.5, 0.6) is 0 Å². The highest BCUT2D eigenvalue weighted by atomic mass is 32.2. The fraction of sp³-hybridized carbons (Fsp3) is 0.188. The molecule has 0 aromatic heterocycles. The highest BCUT2D eigenvalue weighted by Crippen LogP contribution is 2.16. The Morgan fingerprint density at radius 2 is 1.79 bits per heavy atom. The van der Waals surface area contributed by atoms with Gasteiger partial charge in [-0.05, 0) is 29.0 Å². The summed E-state index contributed by atoms with van der Waals surface area (Å²) in [5, 5.41) is 4.23. The van der Waals surface area contributed by atoms with Gasteiger partial charge in [0.1, 0.15) is 0 Å². The molecule has 1 N–H and O–H groups in total. The van der Waals surface area contributed by atoms with Crippen molar-refractivity contribution >= 4 is 18.0 Å². The monoisotopic (exact) mass is 270 g/mol. The summed E-state index contributed by atoms with van der Waals surface area (Å²) in [7, 11) is 0. The van der Waals surface area contributed by atoms with Gasteiger partial charge in [-0.1, -0.05) is 49.4 Å². The van der Waals surface area contributed by atoms with E-state index in [1.807, 2.05) is 36.2 Å². The van der Waals surface area contributed by atoms with Crippen LogP contribution in [0.15, 0.2) is 64.6 Å². The average molecular weight is 270 g/mol. The molecule has 98 valence electrons. The highest BCUT2D eigenvalue weighted by molar-refractivity contribution is 7.99. The molecule has 0 atom stereocenters. The second-order valence-corrected chi connectivity index (χ2v) is 5.42. The van der Waals surface area contributed by atoms with Gasteiger partial charge in [0.15, 0.2) is 0 Å². The lowest BCUT2D eigenvalue weighted by Gasteiger charge is -2.01. The molecule has 0 amide bonds. The molecule has 3 heteroatoms. The SMILES string of the molecule is CCSc1ccc(C=NNCc2ccccc2)cc1. The Hall–Kier alpha value is -1.74. The van der Waals surface area contributed by atoms with Gasteiger partial charge < -0.3 is 5.43 Å². The Labute approximate surface area is 118 Å². The predicted octanol–water partition coefficient (Wildman–Crippen LogP) is 3.92. The Kier molecular flexibility index (Phi) is 5.50. The van der Waals surface area contributed by atoms with E-state index in [1.165, 1.54) is 10.5 Å². The maximum absolute atomic E-state index is 4.23. The van der Waals surface area contributed by atoms with Gasteiger partial charge in [-0.25, -0.2) is 0 Å². The summed E-state index contributed by atoms with van der Waals surface area (Å²) in [6, 6.07) is 18.7. The van der Waals surface area contributed by atoms with Crippen molar-refractivity contribution in [3.8, 4) is 0 Å². The van der Waals surface area contributed by atoms with Crippen LogP contribution in [0.2, 0.25) is 0 Å². The van der Waals surface area contributed by atoms with Crippen molar-refractivity contribution < 1.29 is 0 Å². The number of thioether (sulfide) groups is 1. The molecule has 0 aliphatic carbocycles. The minimum atomic E-state index is 0.751. The van der Waals surface area contributed by atoms with E-state index in [4.69, 9.17) is 0 Å². The van der Waals surface area contributed by atoms with Crippen LogP contribution in [-0.4, -0.2) is 12.0 Å². The molecular formula is C16H18N2S. The van der Waals surface area contributed by atoms with Crippen molar-refractivity contribution in [2.45, 2.75) is 18.4 Å². The molecule has 0 aliphatic rings. The van der Waals surface area contributed by atoms with Gasteiger partial charge in [0.25, 0.3) is 0 Å². The fourth-order valence-corrected chi connectivity index (χ4v) is 2.33. The summed E-state index contributed by atoms with van der Waals surface area (Å²) < 4.78 is 0. The zero-order valence-electron chi connectivity index (χ0n) is 11.0. The van der Waals surface area contributed by atoms with E-state index >= 15 is 0 Å². The molecule has 0 aliphatic heterocycles. The van der Waals surface area contributed by atoms with Gasteiger partial charge >= 0.3 is 0 Å². The van der Waals surface area contributed by atoms with Crippen molar-refractivity contribution in [1.29, 1.82) is 0 Å². The van der Waals surface area contributed by atoms with Crippen molar-refractivity contribution in [2.75, 3.05) is 5.75 Å². The molecule has 2 rings (SSSR count). The molecule has 2 aromatic rings. The fourth-order valence-electron chi connectivity index (χ4n) is 1.67. The minimum absolute atomic E-state index is 0.751. The van der Waals surface area contributed by atoms with Gasteiger partial charge in [-0.3, -0.25) is 0 Å². The highest BCUT2D eigenvalue weighted by Gasteiger charge is 1.92. The first kappa shape index (κ1) is 13.7. The Morgan fingerprint density at radius 3 is 2.47 bits per heavy atom. The maximum Gasteiger partial charge on any atom is 0.0580 e. The lowest BCUT2D eigenvalue weighted by Crippen LogP contribution is -2.05. The molecule has 0 bridgehead atoms. The first-order chi connectivity index (χ1) is 9.38. The Balaban J connectivity index is 1.82. The lowest BCUT2D eigenvalue weighted by molar-refractivity contribution is 0.748. The number of hydrogen-bond donors (Lipinski definition) is 1. The second-order valence-electron chi connectivity index (χ2n) is 4.08.